The van der Waals surface area contributed by atoms with E-state index < -0.39 is 0 Å². The number of anilines is 2. The fourth-order valence-electron chi connectivity index (χ4n) is 6.84. The van der Waals surface area contributed by atoms with Crippen molar-refractivity contribution in [3.8, 4) is 12.1 Å². The molecule has 1 unspecified atom stereocenters. The number of rotatable bonds is 9. The molecule has 0 spiro atoms. The van der Waals surface area contributed by atoms with E-state index in [1.165, 1.54) is 28.1 Å². The Balaban J connectivity index is 1.34. The summed E-state index contributed by atoms with van der Waals surface area (Å²) in [7, 11) is 4.21. The number of amides is 1. The second-order valence-corrected chi connectivity index (χ2v) is 12.6. The Morgan fingerprint density at radius 1 is 1.16 bits per heavy atom. The van der Waals surface area contributed by atoms with Crippen LogP contribution in [0.1, 0.15) is 36.1 Å². The summed E-state index contributed by atoms with van der Waals surface area (Å²) in [5, 5.41) is 12.1. The second kappa shape index (κ2) is 11.8. The predicted molar refractivity (Wildman–Crippen MR) is 169 cm³/mol. The maximum absolute atomic E-state index is 12.6. The molecule has 0 bridgehead atoms. The SMILES string of the molecule is C=CC(=O)N1CCN(c2nc(OCC3(CN(C)C)CC3)nc3c2CCN(c2cccc4cccc(C)c24)C3)CC1CC#N. The Kier molecular flexibility index (Phi) is 7.97. The number of piperazine rings is 1. The van der Waals surface area contributed by atoms with Gasteiger partial charge in [0.1, 0.15) is 5.82 Å². The van der Waals surface area contributed by atoms with Crippen molar-refractivity contribution in [1.29, 1.82) is 5.26 Å². The van der Waals surface area contributed by atoms with Crippen molar-refractivity contribution in [2.45, 2.75) is 45.2 Å². The summed E-state index contributed by atoms with van der Waals surface area (Å²) in [5.74, 6) is 0.741. The first-order chi connectivity index (χ1) is 20.8. The first-order valence-electron chi connectivity index (χ1n) is 15.3. The summed E-state index contributed by atoms with van der Waals surface area (Å²) in [4.78, 5) is 31.2. The zero-order valence-electron chi connectivity index (χ0n) is 25.6. The van der Waals surface area contributed by atoms with Gasteiger partial charge in [0.2, 0.25) is 5.91 Å². The molecule has 1 atom stereocenters. The number of aryl methyl sites for hydroxylation is 1. The molecule has 9 heteroatoms. The molecule has 6 rings (SSSR count). The first-order valence-corrected chi connectivity index (χ1v) is 15.3. The molecule has 1 saturated carbocycles. The van der Waals surface area contributed by atoms with E-state index in [1.807, 2.05) is 0 Å². The quantitative estimate of drug-likeness (QED) is 0.346. The van der Waals surface area contributed by atoms with Gasteiger partial charge in [-0.1, -0.05) is 36.9 Å². The summed E-state index contributed by atoms with van der Waals surface area (Å²) in [6.07, 6.45) is 4.68. The third kappa shape index (κ3) is 5.89. The normalized spacial score (nSPS) is 19.2. The monoisotopic (exact) mass is 579 g/mol. The van der Waals surface area contributed by atoms with Crippen LogP contribution in [0, 0.1) is 23.7 Å². The molecule has 2 fully saturated rings. The van der Waals surface area contributed by atoms with Gasteiger partial charge in [-0.2, -0.15) is 15.2 Å². The number of ether oxygens (including phenoxy) is 1. The molecule has 1 aliphatic carbocycles. The smallest absolute Gasteiger partial charge is 0.318 e. The Hall–Kier alpha value is -4.16. The predicted octanol–water partition coefficient (Wildman–Crippen LogP) is 4.34. The molecule has 2 aliphatic heterocycles. The van der Waals surface area contributed by atoms with E-state index in [4.69, 9.17) is 14.7 Å². The summed E-state index contributed by atoms with van der Waals surface area (Å²) in [5.41, 5.74) is 4.75. The lowest BCUT2D eigenvalue weighted by Gasteiger charge is -2.42. The molecule has 3 aromatic rings. The van der Waals surface area contributed by atoms with Gasteiger partial charge in [0.25, 0.3) is 0 Å². The molecule has 9 nitrogen and oxygen atoms in total. The van der Waals surface area contributed by atoms with Crippen LogP contribution in [0.5, 0.6) is 6.01 Å². The molecule has 224 valence electrons. The number of hydrogen-bond acceptors (Lipinski definition) is 8. The van der Waals surface area contributed by atoms with Gasteiger partial charge in [0, 0.05) is 54.8 Å². The van der Waals surface area contributed by atoms with Gasteiger partial charge < -0.3 is 24.3 Å². The van der Waals surface area contributed by atoms with Crippen LogP contribution in [0.4, 0.5) is 11.5 Å². The zero-order valence-corrected chi connectivity index (χ0v) is 25.6. The number of carbonyl (C=O) groups is 1. The van der Waals surface area contributed by atoms with Crippen LogP contribution in [0.3, 0.4) is 0 Å². The Morgan fingerprint density at radius 3 is 2.67 bits per heavy atom. The fraction of sp³-hybridized carbons (Fsp3) is 0.471. The van der Waals surface area contributed by atoms with Crippen molar-refractivity contribution in [2.24, 2.45) is 5.41 Å². The van der Waals surface area contributed by atoms with Gasteiger partial charge in [-0.05, 0) is 63.4 Å². The average Bonchev–Trinajstić information content (AvgIpc) is 3.77. The molecule has 1 amide bonds. The van der Waals surface area contributed by atoms with Crippen LogP contribution in [0.15, 0.2) is 49.1 Å². The van der Waals surface area contributed by atoms with Crippen LogP contribution in [0.25, 0.3) is 10.8 Å². The van der Waals surface area contributed by atoms with E-state index in [0.717, 1.165) is 49.4 Å². The molecule has 1 saturated heterocycles. The number of fused-ring (bicyclic) bond motifs is 2. The Labute approximate surface area is 254 Å². The number of hydrogen-bond donors (Lipinski definition) is 0. The summed E-state index contributed by atoms with van der Waals surface area (Å²) < 4.78 is 6.39. The van der Waals surface area contributed by atoms with Gasteiger partial charge in [0.05, 0.1) is 37.4 Å². The van der Waals surface area contributed by atoms with E-state index >= 15 is 0 Å². The topological polar surface area (TPSA) is 88.8 Å². The molecule has 3 aliphatic rings. The Morgan fingerprint density at radius 2 is 1.95 bits per heavy atom. The lowest BCUT2D eigenvalue weighted by Crippen LogP contribution is -2.55. The van der Waals surface area contributed by atoms with Crippen molar-refractivity contribution in [2.75, 3.05) is 63.2 Å². The second-order valence-electron chi connectivity index (χ2n) is 12.6. The van der Waals surface area contributed by atoms with Gasteiger partial charge in [0.15, 0.2) is 0 Å². The van der Waals surface area contributed by atoms with Gasteiger partial charge in [-0.15, -0.1) is 0 Å². The minimum absolute atomic E-state index is 0.134. The molecule has 0 N–H and O–H groups in total. The summed E-state index contributed by atoms with van der Waals surface area (Å²) in [6, 6.07) is 15.4. The van der Waals surface area contributed by atoms with Gasteiger partial charge >= 0.3 is 6.01 Å². The third-order valence-electron chi connectivity index (χ3n) is 9.14. The van der Waals surface area contributed by atoms with E-state index in [1.54, 1.807) is 4.90 Å². The van der Waals surface area contributed by atoms with Gasteiger partial charge in [-0.25, -0.2) is 0 Å². The number of benzene rings is 2. The number of nitrogens with zero attached hydrogens (tertiary/aromatic N) is 7. The number of aromatic nitrogens is 2. The van der Waals surface area contributed by atoms with Crippen LogP contribution < -0.4 is 14.5 Å². The molecule has 1 aromatic heterocycles. The highest BCUT2D eigenvalue weighted by molar-refractivity contribution is 5.97. The molecular formula is C34H41N7O2. The molecule has 43 heavy (non-hydrogen) atoms. The van der Waals surface area contributed by atoms with E-state index in [0.29, 0.717) is 38.8 Å². The minimum atomic E-state index is -0.229. The number of nitriles is 1. The van der Waals surface area contributed by atoms with Crippen molar-refractivity contribution >= 4 is 28.2 Å². The first kappa shape index (κ1) is 28.9. The number of carbonyl (C=O) groups excluding carboxylic acids is 1. The highest BCUT2D eigenvalue weighted by Gasteiger charge is 2.44. The van der Waals surface area contributed by atoms with E-state index in [9.17, 15) is 10.1 Å². The molecule has 3 heterocycles. The average molecular weight is 580 g/mol. The van der Waals surface area contributed by atoms with E-state index in [2.05, 4.69) is 84.8 Å². The maximum Gasteiger partial charge on any atom is 0.318 e. The van der Waals surface area contributed by atoms with Crippen LogP contribution in [0.2, 0.25) is 0 Å². The fourth-order valence-corrected chi connectivity index (χ4v) is 6.84. The van der Waals surface area contributed by atoms with Crippen molar-refractivity contribution in [3.05, 3.63) is 65.9 Å². The highest BCUT2D eigenvalue weighted by atomic mass is 16.5. The third-order valence-corrected chi connectivity index (χ3v) is 9.14. The maximum atomic E-state index is 12.6. The molecular weight excluding hydrogens is 538 g/mol. The lowest BCUT2D eigenvalue weighted by atomic mass is 9.99. The molecule has 2 aromatic carbocycles. The van der Waals surface area contributed by atoms with Crippen molar-refractivity contribution in [1.82, 2.24) is 19.8 Å². The van der Waals surface area contributed by atoms with Crippen molar-refractivity contribution < 1.29 is 9.53 Å². The van der Waals surface area contributed by atoms with E-state index in [-0.39, 0.29) is 23.8 Å². The Bertz CT molecular complexity index is 1570. The highest BCUT2D eigenvalue weighted by Crippen LogP contribution is 2.46. The van der Waals surface area contributed by atoms with Gasteiger partial charge in [-0.3, -0.25) is 4.79 Å². The van der Waals surface area contributed by atoms with Crippen molar-refractivity contribution in [3.63, 3.8) is 0 Å². The molecule has 0 radical (unpaired) electrons. The summed E-state index contributed by atoms with van der Waals surface area (Å²) >= 11 is 0. The zero-order chi connectivity index (χ0) is 30.1. The minimum Gasteiger partial charge on any atom is -0.463 e. The largest absolute Gasteiger partial charge is 0.463 e. The van der Waals surface area contributed by atoms with Crippen LogP contribution in [-0.4, -0.2) is 85.1 Å². The van der Waals surface area contributed by atoms with Crippen LogP contribution >= 0.6 is 0 Å². The van der Waals surface area contributed by atoms with Crippen LogP contribution in [-0.2, 0) is 17.8 Å². The lowest BCUT2D eigenvalue weighted by molar-refractivity contribution is -0.128. The standard InChI is InChI=1S/C34H41N7O2/c1-5-30(42)41-19-18-40(20-26(41)12-16-35)32-27-13-17-39(29-11-7-10-25-9-6-8-24(2)31(25)29)21-28(27)36-33(37-32)43-23-34(14-15-34)22-38(3)4/h5-11,26H,1,12-15,17-23H2,2-4H3. The summed E-state index contributed by atoms with van der Waals surface area (Å²) in [6.45, 7) is 10.6.